The van der Waals surface area contributed by atoms with Crippen molar-refractivity contribution in [3.8, 4) is 28.4 Å². The number of phenols is 2. The minimum absolute atomic E-state index is 0. The van der Waals surface area contributed by atoms with Crippen LogP contribution >= 0.6 is 17.0 Å². The van der Waals surface area contributed by atoms with E-state index in [0.29, 0.717) is 5.69 Å². The van der Waals surface area contributed by atoms with Gasteiger partial charge < -0.3 is 10.2 Å². The minimum atomic E-state index is -0.816. The van der Waals surface area contributed by atoms with Gasteiger partial charge in [-0.15, -0.1) is 17.0 Å². The Kier molecular flexibility index (Phi) is 4.74. The molecule has 0 aliphatic rings. The number of hydrogen-bond acceptors (Lipinski definition) is 5. The van der Waals surface area contributed by atoms with E-state index in [1.807, 2.05) is 0 Å². The first kappa shape index (κ1) is 17.3. The average Bonchev–Trinajstić information content (AvgIpc) is 2.92. The van der Waals surface area contributed by atoms with Gasteiger partial charge in [0.25, 0.3) is 5.56 Å². The molecular weight excluding hydrogens is 382 g/mol. The second kappa shape index (κ2) is 6.59. The third-order valence-electron chi connectivity index (χ3n) is 3.31. The lowest BCUT2D eigenvalue weighted by Crippen LogP contribution is -2.12. The zero-order valence-corrected chi connectivity index (χ0v) is 13.8. The number of phenolic OH excluding ortho intramolecular Hbond substituents is 2. The van der Waals surface area contributed by atoms with E-state index in [-0.39, 0.29) is 33.8 Å². The van der Waals surface area contributed by atoms with E-state index in [0.717, 1.165) is 12.1 Å². The number of H-pyrrole nitrogens is 1. The number of nitrogens with one attached hydrogen (secondary N) is 1. The van der Waals surface area contributed by atoms with Crippen molar-refractivity contribution in [2.24, 2.45) is 0 Å². The molecule has 8 nitrogen and oxygen atoms in total. The summed E-state index contributed by atoms with van der Waals surface area (Å²) in [5.41, 5.74) is 0.0759. The molecule has 24 heavy (non-hydrogen) atoms. The molecule has 0 unspecified atom stereocenters. The first-order valence-electron chi connectivity index (χ1n) is 6.55. The van der Waals surface area contributed by atoms with E-state index < -0.39 is 22.1 Å². The molecule has 0 atom stereocenters. The summed E-state index contributed by atoms with van der Waals surface area (Å²) in [6.45, 7) is 0. The van der Waals surface area contributed by atoms with Crippen molar-refractivity contribution in [3.63, 3.8) is 0 Å². The monoisotopic (exact) mass is 393 g/mol. The number of nitro benzene ring substituents is 1. The van der Waals surface area contributed by atoms with E-state index in [1.54, 1.807) is 30.3 Å². The Balaban J connectivity index is 0.00000208. The number of nitrogens with zero attached hydrogens (tertiary/aromatic N) is 2. The number of para-hydroxylation sites is 1. The Hall–Kier alpha value is -3.07. The quantitative estimate of drug-likeness (QED) is 0.358. The molecule has 0 saturated carbocycles. The third kappa shape index (κ3) is 3.01. The molecule has 9 heteroatoms. The Morgan fingerprint density at radius 2 is 1.75 bits per heavy atom. The summed E-state index contributed by atoms with van der Waals surface area (Å²) in [5.74, 6) is -1.45. The van der Waals surface area contributed by atoms with Crippen LogP contribution in [0.4, 0.5) is 5.69 Å². The molecule has 1 aromatic heterocycles. The van der Waals surface area contributed by atoms with Crippen LogP contribution in [0, 0.1) is 10.1 Å². The maximum Gasteiger partial charge on any atom is 0.315 e. The van der Waals surface area contributed by atoms with Crippen molar-refractivity contribution in [2.45, 2.75) is 0 Å². The highest BCUT2D eigenvalue weighted by Crippen LogP contribution is 2.38. The van der Waals surface area contributed by atoms with E-state index in [4.69, 9.17) is 0 Å². The van der Waals surface area contributed by atoms with Gasteiger partial charge in [-0.2, -0.15) is 0 Å². The van der Waals surface area contributed by atoms with Crippen LogP contribution < -0.4 is 5.56 Å². The van der Waals surface area contributed by atoms with Crippen LogP contribution in [0.25, 0.3) is 16.9 Å². The summed E-state index contributed by atoms with van der Waals surface area (Å²) >= 11 is 0. The number of halogens is 1. The molecule has 0 spiro atoms. The number of benzene rings is 2. The first-order valence-corrected chi connectivity index (χ1v) is 6.55. The molecule has 124 valence electrons. The number of aromatic hydroxyl groups is 2. The lowest BCUT2D eigenvalue weighted by molar-refractivity contribution is -0.385. The van der Waals surface area contributed by atoms with Crippen LogP contribution in [0.1, 0.15) is 0 Å². The summed E-state index contributed by atoms with van der Waals surface area (Å²) in [4.78, 5) is 22.2. The van der Waals surface area contributed by atoms with Crippen LogP contribution in [0.15, 0.2) is 53.3 Å². The molecule has 3 aromatic rings. The van der Waals surface area contributed by atoms with Crippen molar-refractivity contribution in [3.05, 3.63) is 69.0 Å². The minimum Gasteiger partial charge on any atom is -0.504 e. The molecule has 0 amide bonds. The Morgan fingerprint density at radius 1 is 1.08 bits per heavy atom. The van der Waals surface area contributed by atoms with Crippen LogP contribution in [0.2, 0.25) is 0 Å². The normalized spacial score (nSPS) is 10.2. The predicted octanol–water partition coefficient (Wildman–Crippen LogP) is 2.73. The van der Waals surface area contributed by atoms with E-state index in [1.165, 1.54) is 10.7 Å². The Bertz CT molecular complexity index is 949. The molecule has 3 rings (SSSR count). The molecule has 0 aliphatic heterocycles. The zero-order valence-electron chi connectivity index (χ0n) is 12.0. The zero-order chi connectivity index (χ0) is 16.6. The highest BCUT2D eigenvalue weighted by molar-refractivity contribution is 8.93. The van der Waals surface area contributed by atoms with Gasteiger partial charge in [0.15, 0.2) is 5.75 Å². The van der Waals surface area contributed by atoms with Gasteiger partial charge >= 0.3 is 5.69 Å². The van der Waals surface area contributed by atoms with Crippen LogP contribution in [-0.4, -0.2) is 24.9 Å². The third-order valence-corrected chi connectivity index (χ3v) is 3.31. The van der Waals surface area contributed by atoms with Crippen molar-refractivity contribution in [1.82, 2.24) is 9.78 Å². The number of nitro groups is 1. The van der Waals surface area contributed by atoms with Crippen LogP contribution in [-0.2, 0) is 0 Å². The Morgan fingerprint density at radius 3 is 2.38 bits per heavy atom. The fraction of sp³-hybridized carbons (Fsp3) is 0. The fourth-order valence-corrected chi connectivity index (χ4v) is 2.21. The molecule has 0 bridgehead atoms. The van der Waals surface area contributed by atoms with Gasteiger partial charge in [0, 0.05) is 17.7 Å². The Labute approximate surface area is 145 Å². The summed E-state index contributed by atoms with van der Waals surface area (Å²) < 4.78 is 1.27. The van der Waals surface area contributed by atoms with Gasteiger partial charge in [0.1, 0.15) is 0 Å². The maximum absolute atomic E-state index is 12.1. The summed E-state index contributed by atoms with van der Waals surface area (Å²) in [5, 5.41) is 32.9. The standard InChI is InChI=1S/C15H11N3O5.BrH/c19-13-7-9(6-12(15(13)21)18(22)23)11-8-14(20)17(16-11)10-4-2-1-3-5-10;/h1-8,16,19,21H;1H. The second-order valence-electron chi connectivity index (χ2n) is 4.80. The van der Waals surface area contributed by atoms with Crippen molar-refractivity contribution in [2.75, 3.05) is 0 Å². The molecule has 0 aliphatic carbocycles. The largest absolute Gasteiger partial charge is 0.504 e. The van der Waals surface area contributed by atoms with Crippen molar-refractivity contribution >= 4 is 22.7 Å². The van der Waals surface area contributed by atoms with Crippen LogP contribution in [0.5, 0.6) is 11.5 Å². The van der Waals surface area contributed by atoms with E-state index in [2.05, 4.69) is 5.10 Å². The van der Waals surface area contributed by atoms with E-state index >= 15 is 0 Å². The number of aromatic amines is 1. The van der Waals surface area contributed by atoms with Gasteiger partial charge in [-0.1, -0.05) is 18.2 Å². The van der Waals surface area contributed by atoms with Gasteiger partial charge in [-0.05, 0) is 18.2 Å². The van der Waals surface area contributed by atoms with Crippen molar-refractivity contribution < 1.29 is 15.1 Å². The molecule has 0 saturated heterocycles. The lowest BCUT2D eigenvalue weighted by atomic mass is 10.1. The van der Waals surface area contributed by atoms with Gasteiger partial charge in [-0.3, -0.25) is 20.0 Å². The summed E-state index contributed by atoms with van der Waals surface area (Å²) in [7, 11) is 0. The molecular formula is C15H12BrN3O5. The smallest absolute Gasteiger partial charge is 0.315 e. The van der Waals surface area contributed by atoms with E-state index in [9.17, 15) is 25.1 Å². The number of aromatic nitrogens is 2. The molecule has 0 fully saturated rings. The number of hydrogen-bond donors (Lipinski definition) is 3. The van der Waals surface area contributed by atoms with Crippen LogP contribution in [0.3, 0.4) is 0 Å². The highest BCUT2D eigenvalue weighted by Gasteiger charge is 2.20. The number of rotatable bonds is 3. The molecule has 1 heterocycles. The summed E-state index contributed by atoms with van der Waals surface area (Å²) in [6.07, 6.45) is 0. The molecule has 0 radical (unpaired) electrons. The summed E-state index contributed by atoms with van der Waals surface area (Å²) in [6, 6.07) is 12.2. The fourth-order valence-electron chi connectivity index (χ4n) is 2.21. The van der Waals surface area contributed by atoms with Gasteiger partial charge in [0.2, 0.25) is 5.75 Å². The van der Waals surface area contributed by atoms with Crippen molar-refractivity contribution in [1.29, 1.82) is 0 Å². The molecule has 3 N–H and O–H groups in total. The average molecular weight is 394 g/mol. The van der Waals surface area contributed by atoms with Gasteiger partial charge in [-0.25, -0.2) is 4.68 Å². The first-order chi connectivity index (χ1) is 11.0. The van der Waals surface area contributed by atoms with Gasteiger partial charge in [0.05, 0.1) is 16.3 Å². The second-order valence-corrected chi connectivity index (χ2v) is 4.80. The lowest BCUT2D eigenvalue weighted by Gasteiger charge is -2.04. The SMILES string of the molecule is Br.O=c1cc(-c2cc(O)c(O)c([N+](=O)[O-])c2)[nH]n1-c1ccccc1. The molecule has 2 aromatic carbocycles. The highest BCUT2D eigenvalue weighted by atomic mass is 79.9. The maximum atomic E-state index is 12.1. The predicted molar refractivity (Wildman–Crippen MR) is 92.1 cm³/mol. The topological polar surface area (TPSA) is 121 Å².